The SMILES string of the molecule is COC(=O)c1sccc1S(=O)(=O)NNC(=O)c1cc(Br)cn1C. The topological polar surface area (TPSA) is 106 Å². The number of thiophene rings is 1. The van der Waals surface area contributed by atoms with Gasteiger partial charge in [-0.25, -0.2) is 13.2 Å². The maximum Gasteiger partial charge on any atom is 0.349 e. The number of rotatable bonds is 5. The van der Waals surface area contributed by atoms with E-state index in [1.807, 2.05) is 4.83 Å². The normalized spacial score (nSPS) is 11.3. The maximum absolute atomic E-state index is 12.2. The highest BCUT2D eigenvalue weighted by Crippen LogP contribution is 2.22. The lowest BCUT2D eigenvalue weighted by Crippen LogP contribution is -2.42. The predicted octanol–water partition coefficient (Wildman–Crippen LogP) is 1.26. The summed E-state index contributed by atoms with van der Waals surface area (Å²) in [5, 5.41) is 1.44. The summed E-state index contributed by atoms with van der Waals surface area (Å²) >= 11 is 4.15. The molecule has 2 rings (SSSR count). The van der Waals surface area contributed by atoms with Crippen LogP contribution in [0.25, 0.3) is 0 Å². The van der Waals surface area contributed by atoms with Gasteiger partial charge in [0.25, 0.3) is 15.9 Å². The van der Waals surface area contributed by atoms with Gasteiger partial charge < -0.3 is 9.30 Å². The van der Waals surface area contributed by atoms with Crippen molar-refractivity contribution in [1.29, 1.82) is 0 Å². The summed E-state index contributed by atoms with van der Waals surface area (Å²) in [6, 6.07) is 2.79. The van der Waals surface area contributed by atoms with Crippen molar-refractivity contribution >= 4 is 49.2 Å². The van der Waals surface area contributed by atoms with Gasteiger partial charge in [-0.2, -0.15) is 0 Å². The largest absolute Gasteiger partial charge is 0.465 e. The van der Waals surface area contributed by atoms with Gasteiger partial charge in [0.15, 0.2) is 0 Å². The van der Waals surface area contributed by atoms with Gasteiger partial charge in [-0.15, -0.1) is 16.2 Å². The highest BCUT2D eigenvalue weighted by Gasteiger charge is 2.25. The number of hydrogen-bond donors (Lipinski definition) is 2. The highest BCUT2D eigenvalue weighted by atomic mass is 79.9. The van der Waals surface area contributed by atoms with E-state index in [0.29, 0.717) is 4.47 Å². The number of nitrogens with zero attached hydrogens (tertiary/aromatic N) is 1. The fourth-order valence-electron chi connectivity index (χ4n) is 1.73. The first-order valence-corrected chi connectivity index (χ1v) is 9.21. The molecule has 0 saturated heterocycles. The average Bonchev–Trinajstić information content (AvgIpc) is 3.11. The van der Waals surface area contributed by atoms with E-state index in [-0.39, 0.29) is 15.5 Å². The molecule has 0 atom stereocenters. The number of aromatic nitrogens is 1. The van der Waals surface area contributed by atoms with E-state index in [1.54, 1.807) is 13.2 Å². The second-order valence-corrected chi connectivity index (χ2v) is 7.80. The summed E-state index contributed by atoms with van der Waals surface area (Å²) in [6.45, 7) is 0. The number of aryl methyl sites for hydroxylation is 1. The molecule has 2 aromatic heterocycles. The molecule has 8 nitrogen and oxygen atoms in total. The molecule has 2 aromatic rings. The van der Waals surface area contributed by atoms with Crippen molar-refractivity contribution in [2.45, 2.75) is 4.90 Å². The van der Waals surface area contributed by atoms with Gasteiger partial charge >= 0.3 is 5.97 Å². The van der Waals surface area contributed by atoms with E-state index in [9.17, 15) is 18.0 Å². The molecule has 0 radical (unpaired) electrons. The van der Waals surface area contributed by atoms with Crippen LogP contribution in [-0.2, 0) is 21.8 Å². The highest BCUT2D eigenvalue weighted by molar-refractivity contribution is 9.10. The Labute approximate surface area is 144 Å². The second-order valence-electron chi connectivity index (χ2n) is 4.32. The number of carbonyl (C=O) groups is 2. The summed E-state index contributed by atoms with van der Waals surface area (Å²) < 4.78 is 31.2. The van der Waals surface area contributed by atoms with E-state index in [2.05, 4.69) is 26.1 Å². The number of nitrogens with one attached hydrogen (secondary N) is 2. The van der Waals surface area contributed by atoms with Crippen LogP contribution in [0, 0.1) is 0 Å². The molecule has 11 heteroatoms. The molecule has 0 bridgehead atoms. The molecular weight excluding hydrogens is 410 g/mol. The van der Waals surface area contributed by atoms with Crippen LogP contribution in [0.5, 0.6) is 0 Å². The summed E-state index contributed by atoms with van der Waals surface area (Å²) in [7, 11) is -1.31. The molecule has 0 fully saturated rings. The third-order valence-corrected chi connectivity index (χ3v) is 5.54. The number of amides is 1. The Bertz CT molecular complexity index is 856. The standard InChI is InChI=1S/C12H12BrN3O5S2/c1-16-6-7(13)5-8(16)11(17)14-15-23(19,20)9-3-4-22-10(9)12(18)21-2/h3-6,15H,1-2H3,(H,14,17). The number of hydrazine groups is 1. The van der Waals surface area contributed by atoms with Crippen molar-refractivity contribution < 1.29 is 22.7 Å². The van der Waals surface area contributed by atoms with Gasteiger partial charge in [0.1, 0.15) is 15.5 Å². The van der Waals surface area contributed by atoms with Gasteiger partial charge in [0, 0.05) is 17.7 Å². The number of sulfonamides is 1. The van der Waals surface area contributed by atoms with E-state index in [4.69, 9.17) is 0 Å². The van der Waals surface area contributed by atoms with Crippen LogP contribution < -0.4 is 10.3 Å². The zero-order valence-corrected chi connectivity index (χ0v) is 15.2. The van der Waals surface area contributed by atoms with E-state index < -0.39 is 21.9 Å². The Kier molecular flexibility index (Phi) is 5.24. The summed E-state index contributed by atoms with van der Waals surface area (Å²) in [6.07, 6.45) is 1.65. The predicted molar refractivity (Wildman–Crippen MR) is 86.6 cm³/mol. The van der Waals surface area contributed by atoms with Crippen molar-refractivity contribution in [3.05, 3.63) is 38.8 Å². The van der Waals surface area contributed by atoms with Crippen LogP contribution in [-0.4, -0.2) is 32.0 Å². The first-order valence-electron chi connectivity index (χ1n) is 6.06. The Balaban J connectivity index is 2.17. The summed E-state index contributed by atoms with van der Waals surface area (Å²) in [5.41, 5.74) is 2.35. The van der Waals surface area contributed by atoms with Gasteiger partial charge in [0.05, 0.1) is 7.11 Å². The van der Waals surface area contributed by atoms with Crippen molar-refractivity contribution in [3.8, 4) is 0 Å². The van der Waals surface area contributed by atoms with Crippen LogP contribution in [0.1, 0.15) is 20.2 Å². The fraction of sp³-hybridized carbons (Fsp3) is 0.167. The van der Waals surface area contributed by atoms with Crippen LogP contribution in [0.15, 0.2) is 33.1 Å². The van der Waals surface area contributed by atoms with Crippen LogP contribution in [0.4, 0.5) is 0 Å². The smallest absolute Gasteiger partial charge is 0.349 e. The molecule has 0 spiro atoms. The lowest BCUT2D eigenvalue weighted by Gasteiger charge is -2.09. The van der Waals surface area contributed by atoms with E-state index >= 15 is 0 Å². The van der Waals surface area contributed by atoms with Gasteiger partial charge in [-0.3, -0.25) is 10.2 Å². The summed E-state index contributed by atoms with van der Waals surface area (Å²) in [5.74, 6) is -1.41. The minimum absolute atomic E-state index is 0.0733. The lowest BCUT2D eigenvalue weighted by atomic mass is 10.4. The number of halogens is 1. The zero-order valence-electron chi connectivity index (χ0n) is 12.0. The maximum atomic E-state index is 12.2. The zero-order chi connectivity index (χ0) is 17.2. The molecule has 0 aliphatic rings. The Hall–Kier alpha value is -1.69. The van der Waals surface area contributed by atoms with Crippen molar-refractivity contribution in [1.82, 2.24) is 14.8 Å². The fourth-order valence-corrected chi connectivity index (χ4v) is 4.43. The van der Waals surface area contributed by atoms with E-state index in [1.165, 1.54) is 22.1 Å². The van der Waals surface area contributed by atoms with Crippen LogP contribution in [0.2, 0.25) is 0 Å². The van der Waals surface area contributed by atoms with Crippen molar-refractivity contribution in [2.24, 2.45) is 7.05 Å². The number of carbonyl (C=O) groups excluding carboxylic acids is 2. The first kappa shape index (κ1) is 17.7. The third kappa shape index (κ3) is 3.80. The van der Waals surface area contributed by atoms with Crippen LogP contribution >= 0.6 is 27.3 Å². The minimum Gasteiger partial charge on any atom is -0.465 e. The Morgan fingerprint density at radius 2 is 2.09 bits per heavy atom. The Morgan fingerprint density at radius 1 is 1.39 bits per heavy atom. The second kappa shape index (κ2) is 6.83. The van der Waals surface area contributed by atoms with Crippen LogP contribution in [0.3, 0.4) is 0 Å². The minimum atomic E-state index is -4.11. The molecule has 0 unspecified atom stereocenters. The first-order chi connectivity index (χ1) is 10.8. The molecular formula is C12H12BrN3O5S2. The van der Waals surface area contributed by atoms with Gasteiger partial charge in [-0.05, 0) is 33.4 Å². The number of methoxy groups -OCH3 is 1. The molecule has 0 saturated carbocycles. The molecule has 23 heavy (non-hydrogen) atoms. The molecule has 0 aliphatic carbocycles. The number of ether oxygens (including phenoxy) is 1. The van der Waals surface area contributed by atoms with Gasteiger partial charge in [-0.1, -0.05) is 0 Å². The molecule has 2 N–H and O–H groups in total. The average molecular weight is 422 g/mol. The molecule has 124 valence electrons. The number of hydrogen-bond acceptors (Lipinski definition) is 6. The van der Waals surface area contributed by atoms with Crippen molar-refractivity contribution in [3.63, 3.8) is 0 Å². The Morgan fingerprint density at radius 3 is 2.65 bits per heavy atom. The molecule has 0 aromatic carbocycles. The van der Waals surface area contributed by atoms with E-state index in [0.717, 1.165) is 18.4 Å². The van der Waals surface area contributed by atoms with Gasteiger partial charge in [0.2, 0.25) is 0 Å². The van der Waals surface area contributed by atoms with Crippen molar-refractivity contribution in [2.75, 3.05) is 7.11 Å². The number of esters is 1. The third-order valence-electron chi connectivity index (χ3n) is 2.79. The monoisotopic (exact) mass is 421 g/mol. The molecule has 1 amide bonds. The molecule has 2 heterocycles. The quantitative estimate of drug-likeness (QED) is 0.558. The lowest BCUT2D eigenvalue weighted by molar-refractivity contribution is 0.0602. The molecule has 0 aliphatic heterocycles. The summed E-state index contributed by atoms with van der Waals surface area (Å²) in [4.78, 5) is 25.2.